The van der Waals surface area contributed by atoms with Gasteiger partial charge in [0.25, 0.3) is 0 Å². The second kappa shape index (κ2) is 7.95. The number of piperidine rings is 1. The number of nitrogens with one attached hydrogen (secondary N) is 2. The van der Waals surface area contributed by atoms with Crippen molar-refractivity contribution in [2.45, 2.75) is 33.1 Å². The zero-order valence-electron chi connectivity index (χ0n) is 14.5. The van der Waals surface area contributed by atoms with Crippen LogP contribution in [0.4, 0.5) is 23.1 Å². The fourth-order valence-electron chi connectivity index (χ4n) is 2.79. The molecule has 6 nitrogen and oxygen atoms in total. The van der Waals surface area contributed by atoms with Gasteiger partial charge in [0.1, 0.15) is 0 Å². The summed E-state index contributed by atoms with van der Waals surface area (Å²) in [6.45, 7) is 7.44. The lowest BCUT2D eigenvalue weighted by molar-refractivity contribution is 0.578. The van der Waals surface area contributed by atoms with E-state index in [1.54, 1.807) is 6.20 Å². The van der Waals surface area contributed by atoms with Gasteiger partial charge in [0, 0.05) is 31.0 Å². The molecule has 6 heteroatoms. The molecule has 0 unspecified atom stereocenters. The molecule has 1 aromatic carbocycles. The summed E-state index contributed by atoms with van der Waals surface area (Å²) in [6, 6.07) is 8.51. The molecule has 2 heterocycles. The maximum absolute atomic E-state index is 4.45. The van der Waals surface area contributed by atoms with Crippen molar-refractivity contribution < 1.29 is 0 Å². The third kappa shape index (κ3) is 4.57. The highest BCUT2D eigenvalue weighted by Gasteiger charge is 2.10. The molecule has 128 valence electrons. The molecule has 1 aliphatic rings. The number of rotatable bonds is 6. The minimum atomic E-state index is 0.535. The van der Waals surface area contributed by atoms with E-state index in [2.05, 4.69) is 68.8 Å². The van der Waals surface area contributed by atoms with Crippen LogP contribution in [0.1, 0.15) is 33.1 Å². The predicted octanol–water partition coefficient (Wildman–Crippen LogP) is 3.67. The Morgan fingerprint density at radius 3 is 2.54 bits per heavy atom. The first-order chi connectivity index (χ1) is 11.7. The largest absolute Gasteiger partial charge is 0.372 e. The Hall–Kier alpha value is -2.37. The number of anilines is 4. The van der Waals surface area contributed by atoms with Crippen molar-refractivity contribution in [3.05, 3.63) is 30.5 Å². The summed E-state index contributed by atoms with van der Waals surface area (Å²) in [5, 5.41) is 14.5. The van der Waals surface area contributed by atoms with Gasteiger partial charge in [0.05, 0.1) is 6.20 Å². The van der Waals surface area contributed by atoms with Crippen LogP contribution in [0.25, 0.3) is 0 Å². The SMILES string of the molecule is CC(C)CNc1nncc(Nc2ccc(N3CCCCC3)cc2)n1. The van der Waals surface area contributed by atoms with Crippen LogP contribution in [0.15, 0.2) is 30.5 Å². The summed E-state index contributed by atoms with van der Waals surface area (Å²) in [6.07, 6.45) is 5.57. The Kier molecular flexibility index (Phi) is 5.46. The minimum Gasteiger partial charge on any atom is -0.372 e. The van der Waals surface area contributed by atoms with Gasteiger partial charge >= 0.3 is 0 Å². The predicted molar refractivity (Wildman–Crippen MR) is 98.9 cm³/mol. The molecule has 0 atom stereocenters. The molecule has 0 aliphatic carbocycles. The third-order valence-electron chi connectivity index (χ3n) is 4.09. The zero-order chi connectivity index (χ0) is 16.8. The van der Waals surface area contributed by atoms with Crippen molar-refractivity contribution in [3.8, 4) is 0 Å². The molecule has 3 rings (SSSR count). The standard InChI is InChI=1S/C18H26N6/c1-14(2)12-19-18-22-17(13-20-23-18)21-15-6-8-16(9-7-15)24-10-4-3-5-11-24/h6-9,13-14H,3-5,10-12H2,1-2H3,(H2,19,21,22,23). The molecule has 2 N–H and O–H groups in total. The lowest BCUT2D eigenvalue weighted by Gasteiger charge is -2.28. The average Bonchev–Trinajstić information content (AvgIpc) is 2.62. The van der Waals surface area contributed by atoms with Crippen molar-refractivity contribution in [3.63, 3.8) is 0 Å². The summed E-state index contributed by atoms with van der Waals surface area (Å²) in [7, 11) is 0. The first-order valence-corrected chi connectivity index (χ1v) is 8.76. The molecule has 0 radical (unpaired) electrons. The summed E-state index contributed by atoms with van der Waals surface area (Å²) < 4.78 is 0. The minimum absolute atomic E-state index is 0.535. The Morgan fingerprint density at radius 1 is 1.08 bits per heavy atom. The van der Waals surface area contributed by atoms with Crippen LogP contribution in [0, 0.1) is 5.92 Å². The highest BCUT2D eigenvalue weighted by molar-refractivity contribution is 5.60. The van der Waals surface area contributed by atoms with Gasteiger partial charge in [-0.3, -0.25) is 0 Å². The normalized spacial score (nSPS) is 14.7. The highest BCUT2D eigenvalue weighted by atomic mass is 15.3. The quantitative estimate of drug-likeness (QED) is 0.844. The van der Waals surface area contributed by atoms with Crippen molar-refractivity contribution in [2.24, 2.45) is 5.92 Å². The van der Waals surface area contributed by atoms with E-state index in [1.807, 2.05) is 0 Å². The van der Waals surface area contributed by atoms with E-state index in [0.29, 0.717) is 17.7 Å². The van der Waals surface area contributed by atoms with Crippen molar-refractivity contribution in [2.75, 3.05) is 35.2 Å². The van der Waals surface area contributed by atoms with Gasteiger partial charge in [-0.1, -0.05) is 13.8 Å². The summed E-state index contributed by atoms with van der Waals surface area (Å²) in [5.41, 5.74) is 2.30. The zero-order valence-corrected chi connectivity index (χ0v) is 14.5. The van der Waals surface area contributed by atoms with E-state index < -0.39 is 0 Å². The van der Waals surface area contributed by atoms with Crippen LogP contribution in [0.2, 0.25) is 0 Å². The molecule has 0 amide bonds. The molecule has 24 heavy (non-hydrogen) atoms. The number of hydrogen-bond donors (Lipinski definition) is 2. The summed E-state index contributed by atoms with van der Waals surface area (Å²) in [5.74, 6) is 1.79. The van der Waals surface area contributed by atoms with E-state index >= 15 is 0 Å². The van der Waals surface area contributed by atoms with Crippen LogP contribution in [-0.2, 0) is 0 Å². The van der Waals surface area contributed by atoms with Crippen molar-refractivity contribution >= 4 is 23.1 Å². The topological polar surface area (TPSA) is 66.0 Å². The Bertz CT molecular complexity index is 634. The Labute approximate surface area is 143 Å². The van der Waals surface area contributed by atoms with Gasteiger partial charge in [0.2, 0.25) is 5.95 Å². The lowest BCUT2D eigenvalue weighted by atomic mass is 10.1. The smallest absolute Gasteiger partial charge is 0.244 e. The molecule has 0 spiro atoms. The first-order valence-electron chi connectivity index (χ1n) is 8.76. The molecule has 0 bridgehead atoms. The Morgan fingerprint density at radius 2 is 1.83 bits per heavy atom. The molecular weight excluding hydrogens is 300 g/mol. The summed E-state index contributed by atoms with van der Waals surface area (Å²) in [4.78, 5) is 6.90. The Balaban J connectivity index is 1.62. The van der Waals surface area contributed by atoms with E-state index in [-0.39, 0.29) is 0 Å². The van der Waals surface area contributed by atoms with E-state index in [4.69, 9.17) is 0 Å². The third-order valence-corrected chi connectivity index (χ3v) is 4.09. The molecule has 1 aromatic heterocycles. The van der Waals surface area contributed by atoms with Gasteiger partial charge in [-0.15, -0.1) is 5.10 Å². The second-order valence-electron chi connectivity index (χ2n) is 6.66. The van der Waals surface area contributed by atoms with Crippen LogP contribution in [0.3, 0.4) is 0 Å². The molecule has 1 aliphatic heterocycles. The van der Waals surface area contributed by atoms with E-state index in [0.717, 1.165) is 25.3 Å². The molecule has 1 fully saturated rings. The second-order valence-corrected chi connectivity index (χ2v) is 6.66. The van der Waals surface area contributed by atoms with Crippen LogP contribution in [-0.4, -0.2) is 34.8 Å². The molecule has 1 saturated heterocycles. The molecule has 0 saturated carbocycles. The van der Waals surface area contributed by atoms with Gasteiger partial charge in [0.15, 0.2) is 5.82 Å². The first kappa shape index (κ1) is 16.5. The lowest BCUT2D eigenvalue weighted by Crippen LogP contribution is -2.29. The van der Waals surface area contributed by atoms with Crippen molar-refractivity contribution in [1.82, 2.24) is 15.2 Å². The van der Waals surface area contributed by atoms with Gasteiger partial charge in [-0.05, 0) is 49.4 Å². The number of aromatic nitrogens is 3. The molecular formula is C18H26N6. The fraction of sp³-hybridized carbons (Fsp3) is 0.500. The fourth-order valence-corrected chi connectivity index (χ4v) is 2.79. The maximum Gasteiger partial charge on any atom is 0.244 e. The van der Waals surface area contributed by atoms with Crippen LogP contribution >= 0.6 is 0 Å². The van der Waals surface area contributed by atoms with Crippen molar-refractivity contribution in [1.29, 1.82) is 0 Å². The number of nitrogens with zero attached hydrogens (tertiary/aromatic N) is 4. The highest BCUT2D eigenvalue weighted by Crippen LogP contribution is 2.23. The van der Waals surface area contributed by atoms with E-state index in [9.17, 15) is 0 Å². The van der Waals surface area contributed by atoms with Gasteiger partial charge in [-0.25, -0.2) is 0 Å². The molecule has 2 aromatic rings. The van der Waals surface area contributed by atoms with E-state index in [1.165, 1.54) is 24.9 Å². The number of hydrogen-bond acceptors (Lipinski definition) is 6. The van der Waals surface area contributed by atoms with Gasteiger partial charge < -0.3 is 15.5 Å². The van der Waals surface area contributed by atoms with Gasteiger partial charge in [-0.2, -0.15) is 10.1 Å². The number of benzene rings is 1. The summed E-state index contributed by atoms with van der Waals surface area (Å²) >= 11 is 0. The average molecular weight is 326 g/mol. The monoisotopic (exact) mass is 326 g/mol. The maximum atomic E-state index is 4.45. The van der Waals surface area contributed by atoms with Crippen LogP contribution < -0.4 is 15.5 Å². The van der Waals surface area contributed by atoms with Crippen LogP contribution in [0.5, 0.6) is 0 Å².